The lowest BCUT2D eigenvalue weighted by Crippen LogP contribution is -2.33. The molecule has 0 bridgehead atoms. The van der Waals surface area contributed by atoms with Crippen molar-refractivity contribution in [3.8, 4) is 5.75 Å². The molecule has 0 atom stereocenters. The maximum Gasteiger partial charge on any atom is 0.301 e. The molecule has 8 heteroatoms. The van der Waals surface area contributed by atoms with Gasteiger partial charge >= 0.3 is 10.2 Å². The van der Waals surface area contributed by atoms with Crippen LogP contribution in [0.15, 0.2) is 24.3 Å². The zero-order valence-electron chi connectivity index (χ0n) is 11.0. The Morgan fingerprint density at radius 3 is 2.75 bits per heavy atom. The molecule has 0 aromatic heterocycles. The Morgan fingerprint density at radius 2 is 2.10 bits per heavy atom. The van der Waals surface area contributed by atoms with E-state index in [0.29, 0.717) is 24.5 Å². The molecule has 4 N–H and O–H groups in total. The predicted molar refractivity (Wildman–Crippen MR) is 77.2 cm³/mol. The second-order valence-corrected chi connectivity index (χ2v) is 6.23. The average Bonchev–Trinajstić information content (AvgIpc) is 2.91. The van der Waals surface area contributed by atoms with E-state index in [0.717, 1.165) is 12.8 Å². The van der Waals surface area contributed by atoms with E-state index < -0.39 is 10.2 Å². The van der Waals surface area contributed by atoms with Crippen LogP contribution >= 0.6 is 0 Å². The van der Waals surface area contributed by atoms with E-state index >= 15 is 0 Å². The van der Waals surface area contributed by atoms with Crippen molar-refractivity contribution in [3.05, 3.63) is 24.3 Å². The van der Waals surface area contributed by atoms with Gasteiger partial charge in [0.15, 0.2) is 0 Å². The number of amidine groups is 1. The quantitative estimate of drug-likeness (QED) is 0.532. The molecule has 1 fully saturated rings. The van der Waals surface area contributed by atoms with Gasteiger partial charge in [0.2, 0.25) is 0 Å². The van der Waals surface area contributed by atoms with Gasteiger partial charge in [-0.05, 0) is 25.0 Å². The number of nitrogens with two attached hydrogens (primary N) is 1. The van der Waals surface area contributed by atoms with Crippen LogP contribution in [-0.2, 0) is 10.2 Å². The third kappa shape index (κ3) is 3.84. The third-order valence-electron chi connectivity index (χ3n) is 2.88. The van der Waals surface area contributed by atoms with Gasteiger partial charge in [-0.2, -0.15) is 12.7 Å². The first-order chi connectivity index (χ1) is 9.47. The van der Waals surface area contributed by atoms with E-state index in [1.165, 1.54) is 4.31 Å². The summed E-state index contributed by atoms with van der Waals surface area (Å²) in [4.78, 5) is 0. The number of rotatable bonds is 6. The molecule has 1 saturated heterocycles. The highest BCUT2D eigenvalue weighted by Crippen LogP contribution is 2.20. The molecule has 0 radical (unpaired) electrons. The SMILES string of the molecule is N=C(N)COc1cccc(NS(=O)(=O)N2CCCC2)c1. The summed E-state index contributed by atoms with van der Waals surface area (Å²) < 4.78 is 33.4. The van der Waals surface area contributed by atoms with Gasteiger partial charge in [0.1, 0.15) is 18.2 Å². The molecule has 1 heterocycles. The lowest BCUT2D eigenvalue weighted by atomic mass is 10.3. The minimum absolute atomic E-state index is 0.0255. The van der Waals surface area contributed by atoms with Crippen LogP contribution in [0.1, 0.15) is 12.8 Å². The van der Waals surface area contributed by atoms with Gasteiger partial charge in [0, 0.05) is 19.2 Å². The second kappa shape index (κ2) is 6.10. The van der Waals surface area contributed by atoms with Crippen LogP contribution in [0.25, 0.3) is 0 Å². The number of nitrogens with zero attached hydrogens (tertiary/aromatic N) is 1. The summed E-state index contributed by atoms with van der Waals surface area (Å²) in [6.45, 7) is 1.08. The van der Waals surface area contributed by atoms with Crippen LogP contribution in [-0.4, -0.2) is 38.3 Å². The summed E-state index contributed by atoms with van der Waals surface area (Å²) in [5.74, 6) is 0.370. The predicted octanol–water partition coefficient (Wildman–Crippen LogP) is 0.754. The van der Waals surface area contributed by atoms with E-state index in [9.17, 15) is 8.42 Å². The highest BCUT2D eigenvalue weighted by atomic mass is 32.2. The highest BCUT2D eigenvalue weighted by molar-refractivity contribution is 7.90. The van der Waals surface area contributed by atoms with Crippen molar-refractivity contribution >= 4 is 21.7 Å². The first-order valence-corrected chi connectivity index (χ1v) is 7.75. The lowest BCUT2D eigenvalue weighted by Gasteiger charge is -2.17. The molecular formula is C12H18N4O3S. The largest absolute Gasteiger partial charge is 0.486 e. The van der Waals surface area contributed by atoms with Crippen LogP contribution in [0.3, 0.4) is 0 Å². The van der Waals surface area contributed by atoms with E-state index in [2.05, 4.69) is 4.72 Å². The molecule has 1 aromatic carbocycles. The lowest BCUT2D eigenvalue weighted by molar-refractivity contribution is 0.374. The topological polar surface area (TPSA) is 109 Å². The first-order valence-electron chi connectivity index (χ1n) is 6.31. The Kier molecular flexibility index (Phi) is 4.46. The van der Waals surface area contributed by atoms with Gasteiger partial charge in [-0.1, -0.05) is 6.07 Å². The van der Waals surface area contributed by atoms with Gasteiger partial charge in [-0.25, -0.2) is 0 Å². The monoisotopic (exact) mass is 298 g/mol. The summed E-state index contributed by atoms with van der Waals surface area (Å²) in [6.07, 6.45) is 1.78. The van der Waals surface area contributed by atoms with Crippen LogP contribution in [0.5, 0.6) is 5.75 Å². The molecule has 20 heavy (non-hydrogen) atoms. The molecule has 7 nitrogen and oxygen atoms in total. The number of hydrogen-bond acceptors (Lipinski definition) is 4. The molecule has 0 unspecified atom stereocenters. The van der Waals surface area contributed by atoms with Crippen LogP contribution in [0.4, 0.5) is 5.69 Å². The fraction of sp³-hybridized carbons (Fsp3) is 0.417. The third-order valence-corrected chi connectivity index (χ3v) is 4.42. The van der Waals surface area contributed by atoms with Crippen LogP contribution in [0, 0.1) is 5.41 Å². The van der Waals surface area contributed by atoms with Crippen LogP contribution < -0.4 is 15.2 Å². The van der Waals surface area contributed by atoms with Gasteiger partial charge in [0.05, 0.1) is 5.69 Å². The second-order valence-electron chi connectivity index (χ2n) is 4.55. The normalized spacial score (nSPS) is 16.0. The number of benzene rings is 1. The van der Waals surface area contributed by atoms with E-state index in [-0.39, 0.29) is 12.4 Å². The van der Waals surface area contributed by atoms with Gasteiger partial charge in [0.25, 0.3) is 0 Å². The molecular weight excluding hydrogens is 280 g/mol. The molecule has 2 rings (SSSR count). The van der Waals surface area contributed by atoms with Gasteiger partial charge in [-0.15, -0.1) is 0 Å². The summed E-state index contributed by atoms with van der Waals surface area (Å²) in [7, 11) is -3.50. The molecule has 1 aromatic rings. The van der Waals surface area contributed by atoms with Crippen molar-refractivity contribution in [2.75, 3.05) is 24.4 Å². The first kappa shape index (κ1) is 14.6. The maximum absolute atomic E-state index is 12.1. The Labute approximate surface area is 118 Å². The van der Waals surface area contributed by atoms with E-state index in [1.807, 2.05) is 0 Å². The van der Waals surface area contributed by atoms with Crippen LogP contribution in [0.2, 0.25) is 0 Å². The Hall–Kier alpha value is -1.80. The Morgan fingerprint density at radius 1 is 1.40 bits per heavy atom. The maximum atomic E-state index is 12.1. The van der Waals surface area contributed by atoms with Crippen molar-refractivity contribution in [2.24, 2.45) is 5.73 Å². The molecule has 0 amide bonds. The van der Waals surface area contributed by atoms with Crippen molar-refractivity contribution in [1.82, 2.24) is 4.31 Å². The smallest absolute Gasteiger partial charge is 0.301 e. The standard InChI is InChI=1S/C12H18N4O3S/c13-12(14)9-19-11-5-3-4-10(8-11)15-20(17,18)16-6-1-2-7-16/h3-5,8,15H,1-2,6-7,9H2,(H3,13,14). The minimum atomic E-state index is -3.50. The van der Waals surface area contributed by atoms with Crippen molar-refractivity contribution in [1.29, 1.82) is 5.41 Å². The Bertz CT molecular complexity index is 582. The Balaban J connectivity index is 2.05. The van der Waals surface area contributed by atoms with E-state index in [1.54, 1.807) is 24.3 Å². The van der Waals surface area contributed by atoms with Gasteiger partial charge < -0.3 is 10.5 Å². The molecule has 0 aliphatic carbocycles. The summed E-state index contributed by atoms with van der Waals surface area (Å²) >= 11 is 0. The fourth-order valence-electron chi connectivity index (χ4n) is 1.95. The highest BCUT2D eigenvalue weighted by Gasteiger charge is 2.25. The summed E-state index contributed by atoms with van der Waals surface area (Å²) in [5.41, 5.74) is 5.63. The van der Waals surface area contributed by atoms with Crippen molar-refractivity contribution in [3.63, 3.8) is 0 Å². The number of anilines is 1. The molecule has 0 saturated carbocycles. The van der Waals surface area contributed by atoms with Crippen molar-refractivity contribution < 1.29 is 13.2 Å². The number of ether oxygens (including phenoxy) is 1. The van der Waals surface area contributed by atoms with Crippen molar-refractivity contribution in [2.45, 2.75) is 12.8 Å². The molecule has 1 aliphatic rings. The van der Waals surface area contributed by atoms with E-state index in [4.69, 9.17) is 15.9 Å². The average molecular weight is 298 g/mol. The number of hydrogen-bond donors (Lipinski definition) is 3. The molecule has 110 valence electrons. The molecule has 1 aliphatic heterocycles. The summed E-state index contributed by atoms with van der Waals surface area (Å²) in [6, 6.07) is 6.57. The zero-order valence-corrected chi connectivity index (χ0v) is 11.8. The van der Waals surface area contributed by atoms with Gasteiger partial charge in [-0.3, -0.25) is 10.1 Å². The zero-order chi connectivity index (χ0) is 14.6. The fourth-order valence-corrected chi connectivity index (χ4v) is 3.25. The minimum Gasteiger partial charge on any atom is -0.486 e. The molecule has 0 spiro atoms. The number of nitrogens with one attached hydrogen (secondary N) is 2. The summed E-state index contributed by atoms with van der Waals surface area (Å²) in [5, 5.41) is 7.09.